The molecule has 0 unspecified atom stereocenters. The number of aromatic nitrogens is 3. The summed E-state index contributed by atoms with van der Waals surface area (Å²) in [4.78, 5) is 17.7. The number of fused-ring (bicyclic) bond motifs is 1. The predicted molar refractivity (Wildman–Crippen MR) is 90.8 cm³/mol. The second kappa shape index (κ2) is 5.82. The number of thiophene rings is 1. The number of nitriles is 1. The third-order valence-corrected chi connectivity index (χ3v) is 4.90. The molecular weight excluding hydrogens is 308 g/mol. The fraction of sp³-hybridized carbons (Fsp3) is 0.250. The first kappa shape index (κ1) is 13.9. The summed E-state index contributed by atoms with van der Waals surface area (Å²) >= 11 is 1.69. The van der Waals surface area contributed by atoms with E-state index in [9.17, 15) is 0 Å². The third kappa shape index (κ3) is 2.58. The molecule has 114 valence electrons. The lowest BCUT2D eigenvalue weighted by atomic mass is 10.2. The zero-order chi connectivity index (χ0) is 15.6. The molecule has 1 aliphatic rings. The Bertz CT molecular complexity index is 858. The van der Waals surface area contributed by atoms with Gasteiger partial charge in [0.2, 0.25) is 0 Å². The molecule has 0 amide bonds. The quantitative estimate of drug-likeness (QED) is 0.721. The highest BCUT2D eigenvalue weighted by atomic mass is 32.1. The van der Waals surface area contributed by atoms with Gasteiger partial charge in [-0.05, 0) is 23.6 Å². The Morgan fingerprint density at radius 2 is 1.83 bits per heavy atom. The molecule has 1 fully saturated rings. The Morgan fingerprint density at radius 1 is 1.00 bits per heavy atom. The molecule has 4 rings (SSSR count). The van der Waals surface area contributed by atoms with Crippen molar-refractivity contribution in [2.24, 2.45) is 0 Å². The van der Waals surface area contributed by atoms with E-state index in [1.54, 1.807) is 23.9 Å². The first-order chi connectivity index (χ1) is 11.3. The molecule has 0 saturated carbocycles. The topological polar surface area (TPSA) is 68.9 Å². The summed E-state index contributed by atoms with van der Waals surface area (Å²) in [5, 5.41) is 10.9. The summed E-state index contributed by atoms with van der Waals surface area (Å²) in [5.41, 5.74) is 1.60. The molecule has 0 bridgehead atoms. The normalized spacial score (nSPS) is 14.9. The Balaban J connectivity index is 1.50. The number of nitrogens with zero attached hydrogens (tertiary/aromatic N) is 6. The van der Waals surface area contributed by atoms with Gasteiger partial charge >= 0.3 is 0 Å². The van der Waals surface area contributed by atoms with Gasteiger partial charge in [0, 0.05) is 32.4 Å². The van der Waals surface area contributed by atoms with Crippen molar-refractivity contribution in [3.8, 4) is 6.07 Å². The number of rotatable bonds is 2. The van der Waals surface area contributed by atoms with Crippen molar-refractivity contribution in [1.29, 1.82) is 5.26 Å². The number of hydrogen-bond acceptors (Lipinski definition) is 7. The van der Waals surface area contributed by atoms with Gasteiger partial charge in [-0.25, -0.2) is 15.0 Å². The van der Waals surface area contributed by atoms with E-state index in [0.717, 1.165) is 48.0 Å². The van der Waals surface area contributed by atoms with Gasteiger partial charge in [-0.2, -0.15) is 5.26 Å². The molecule has 0 N–H and O–H groups in total. The van der Waals surface area contributed by atoms with Crippen molar-refractivity contribution >= 4 is 33.2 Å². The Morgan fingerprint density at radius 3 is 2.57 bits per heavy atom. The van der Waals surface area contributed by atoms with Gasteiger partial charge in [-0.1, -0.05) is 0 Å². The van der Waals surface area contributed by atoms with Crippen LogP contribution in [0.4, 0.5) is 11.6 Å². The van der Waals surface area contributed by atoms with Crippen molar-refractivity contribution in [3.63, 3.8) is 0 Å². The first-order valence-corrected chi connectivity index (χ1v) is 8.27. The highest BCUT2D eigenvalue weighted by Crippen LogP contribution is 2.28. The lowest BCUT2D eigenvalue weighted by Gasteiger charge is -2.36. The monoisotopic (exact) mass is 322 g/mol. The number of hydrogen-bond donors (Lipinski definition) is 0. The van der Waals surface area contributed by atoms with Crippen LogP contribution in [0.1, 0.15) is 5.56 Å². The second-order valence-corrected chi connectivity index (χ2v) is 6.24. The van der Waals surface area contributed by atoms with Crippen LogP contribution in [0.25, 0.3) is 10.2 Å². The maximum Gasteiger partial charge on any atom is 0.150 e. The molecule has 0 aromatic carbocycles. The molecule has 0 aliphatic carbocycles. The summed E-state index contributed by atoms with van der Waals surface area (Å²) < 4.78 is 1.15. The van der Waals surface area contributed by atoms with Crippen LogP contribution in [0.5, 0.6) is 0 Å². The molecule has 1 saturated heterocycles. The third-order valence-electron chi connectivity index (χ3n) is 4.00. The Labute approximate surface area is 137 Å². The largest absolute Gasteiger partial charge is 0.353 e. The van der Waals surface area contributed by atoms with Crippen molar-refractivity contribution in [1.82, 2.24) is 15.0 Å². The van der Waals surface area contributed by atoms with Gasteiger partial charge in [-0.15, -0.1) is 11.3 Å². The van der Waals surface area contributed by atoms with Crippen LogP contribution in [0, 0.1) is 11.3 Å². The van der Waals surface area contributed by atoms with E-state index in [0.29, 0.717) is 5.56 Å². The van der Waals surface area contributed by atoms with Crippen LogP contribution < -0.4 is 9.80 Å². The fourth-order valence-electron chi connectivity index (χ4n) is 2.79. The zero-order valence-electron chi connectivity index (χ0n) is 12.4. The summed E-state index contributed by atoms with van der Waals surface area (Å²) in [6, 6.07) is 7.85. The molecule has 0 atom stereocenters. The standard InChI is InChI=1S/C16H14N6S/c17-9-12-1-2-14(18-10-12)21-4-6-22(7-5-21)16-15-13(3-8-23-15)19-11-20-16/h1-3,8,10-11H,4-7H2. The lowest BCUT2D eigenvalue weighted by Crippen LogP contribution is -2.47. The minimum absolute atomic E-state index is 0.591. The van der Waals surface area contributed by atoms with Gasteiger partial charge in [-0.3, -0.25) is 0 Å². The van der Waals surface area contributed by atoms with E-state index < -0.39 is 0 Å². The van der Waals surface area contributed by atoms with Crippen molar-refractivity contribution in [2.75, 3.05) is 36.0 Å². The fourth-order valence-corrected chi connectivity index (χ4v) is 3.65. The van der Waals surface area contributed by atoms with Crippen molar-refractivity contribution in [3.05, 3.63) is 41.7 Å². The van der Waals surface area contributed by atoms with Crippen molar-refractivity contribution in [2.45, 2.75) is 0 Å². The molecule has 3 aromatic rings. The smallest absolute Gasteiger partial charge is 0.150 e. The predicted octanol–water partition coefficient (Wildman–Crippen LogP) is 2.28. The molecule has 6 nitrogen and oxygen atoms in total. The lowest BCUT2D eigenvalue weighted by molar-refractivity contribution is 0.643. The van der Waals surface area contributed by atoms with Gasteiger partial charge in [0.25, 0.3) is 0 Å². The molecule has 1 aliphatic heterocycles. The van der Waals surface area contributed by atoms with Crippen molar-refractivity contribution < 1.29 is 0 Å². The minimum Gasteiger partial charge on any atom is -0.353 e. The molecule has 23 heavy (non-hydrogen) atoms. The minimum atomic E-state index is 0.591. The van der Waals surface area contributed by atoms with Gasteiger partial charge < -0.3 is 9.80 Å². The van der Waals surface area contributed by atoms with E-state index in [-0.39, 0.29) is 0 Å². The average Bonchev–Trinajstić information content (AvgIpc) is 3.11. The van der Waals surface area contributed by atoms with Gasteiger partial charge in [0.05, 0.1) is 15.8 Å². The molecule has 3 aromatic heterocycles. The summed E-state index contributed by atoms with van der Waals surface area (Å²) in [5.74, 6) is 1.95. The molecule has 0 spiro atoms. The Kier molecular flexibility index (Phi) is 3.52. The van der Waals surface area contributed by atoms with E-state index in [1.165, 1.54) is 0 Å². The molecule has 7 heteroatoms. The van der Waals surface area contributed by atoms with Gasteiger partial charge in [0.15, 0.2) is 0 Å². The SMILES string of the molecule is N#Cc1ccc(N2CCN(c3ncnc4ccsc34)CC2)nc1. The number of pyridine rings is 1. The van der Waals surface area contributed by atoms with Crippen LogP contribution in [0.2, 0.25) is 0 Å². The summed E-state index contributed by atoms with van der Waals surface area (Å²) in [7, 11) is 0. The maximum atomic E-state index is 8.85. The van der Waals surface area contributed by atoms with Crippen LogP contribution in [0.3, 0.4) is 0 Å². The number of piperazine rings is 1. The molecule has 4 heterocycles. The second-order valence-electron chi connectivity index (χ2n) is 5.32. The zero-order valence-corrected chi connectivity index (χ0v) is 13.2. The average molecular weight is 322 g/mol. The number of anilines is 2. The summed E-state index contributed by atoms with van der Waals surface area (Å²) in [6.45, 7) is 3.56. The van der Waals surface area contributed by atoms with E-state index in [4.69, 9.17) is 5.26 Å². The molecule has 0 radical (unpaired) electrons. The van der Waals surface area contributed by atoms with Gasteiger partial charge in [0.1, 0.15) is 24.0 Å². The van der Waals surface area contributed by atoms with Crippen LogP contribution in [-0.2, 0) is 0 Å². The van der Waals surface area contributed by atoms with E-state index in [1.807, 2.05) is 18.2 Å². The Hall–Kier alpha value is -2.72. The van der Waals surface area contributed by atoms with E-state index in [2.05, 4.69) is 36.2 Å². The van der Waals surface area contributed by atoms with E-state index >= 15 is 0 Å². The first-order valence-electron chi connectivity index (χ1n) is 7.39. The molecular formula is C16H14N6S. The van der Waals surface area contributed by atoms with Crippen LogP contribution in [-0.4, -0.2) is 41.1 Å². The van der Waals surface area contributed by atoms with Crippen LogP contribution >= 0.6 is 11.3 Å². The highest BCUT2D eigenvalue weighted by molar-refractivity contribution is 7.17. The summed E-state index contributed by atoms with van der Waals surface area (Å²) in [6.07, 6.45) is 3.26. The van der Waals surface area contributed by atoms with Crippen LogP contribution in [0.15, 0.2) is 36.1 Å². The maximum absolute atomic E-state index is 8.85. The highest BCUT2D eigenvalue weighted by Gasteiger charge is 2.21.